The van der Waals surface area contributed by atoms with Crippen LogP contribution >= 0.6 is 0 Å². The average Bonchev–Trinajstić information content (AvgIpc) is 2.59. The molecule has 0 radical (unpaired) electrons. The van der Waals surface area contributed by atoms with Crippen molar-refractivity contribution in [3.63, 3.8) is 0 Å². The summed E-state index contributed by atoms with van der Waals surface area (Å²) in [6.07, 6.45) is 0.832. The van der Waals surface area contributed by atoms with Gasteiger partial charge in [-0.1, -0.05) is 6.92 Å². The zero-order valence-electron chi connectivity index (χ0n) is 9.82. The van der Waals surface area contributed by atoms with Crippen LogP contribution in [0, 0.1) is 24.2 Å². The molecule has 15 heavy (non-hydrogen) atoms. The second kappa shape index (κ2) is 4.99. The van der Waals surface area contributed by atoms with E-state index in [2.05, 4.69) is 6.07 Å². The maximum atomic E-state index is 9.10. The van der Waals surface area contributed by atoms with Crippen LogP contribution in [0.25, 0.3) is 0 Å². The molecule has 1 heterocycles. The van der Waals surface area contributed by atoms with E-state index in [0.717, 1.165) is 17.9 Å². The van der Waals surface area contributed by atoms with E-state index in [0.29, 0.717) is 0 Å². The van der Waals surface area contributed by atoms with Crippen molar-refractivity contribution in [3.8, 4) is 6.07 Å². The summed E-state index contributed by atoms with van der Waals surface area (Å²) < 4.78 is 5.60. The van der Waals surface area contributed by atoms with Crippen molar-refractivity contribution in [2.24, 2.45) is 5.92 Å². The fourth-order valence-electron chi connectivity index (χ4n) is 1.81. The predicted molar refractivity (Wildman–Crippen MR) is 59.3 cm³/mol. The Morgan fingerprint density at radius 1 is 1.47 bits per heavy atom. The van der Waals surface area contributed by atoms with Crippen LogP contribution in [-0.4, -0.2) is 19.0 Å². The first-order valence-electron chi connectivity index (χ1n) is 5.22. The van der Waals surface area contributed by atoms with Gasteiger partial charge in [-0.2, -0.15) is 5.26 Å². The molecule has 0 aliphatic rings. The number of hydrogen-bond donors (Lipinski definition) is 0. The third kappa shape index (κ3) is 2.60. The third-order valence-electron chi connectivity index (χ3n) is 2.60. The molecule has 2 unspecified atom stereocenters. The second-order valence-electron chi connectivity index (χ2n) is 4.00. The van der Waals surface area contributed by atoms with Gasteiger partial charge >= 0.3 is 0 Å². The topological polar surface area (TPSA) is 40.2 Å². The minimum absolute atomic E-state index is 0.0226. The number of hydrogen-bond acceptors (Lipinski definition) is 3. The first-order valence-corrected chi connectivity index (χ1v) is 5.22. The van der Waals surface area contributed by atoms with Gasteiger partial charge in [0.2, 0.25) is 0 Å². The molecule has 82 valence electrons. The lowest BCUT2D eigenvalue weighted by molar-refractivity contribution is 0.206. The molecule has 3 nitrogen and oxygen atoms in total. The number of rotatable bonds is 4. The number of furan rings is 1. The van der Waals surface area contributed by atoms with E-state index < -0.39 is 0 Å². The van der Waals surface area contributed by atoms with Crippen LogP contribution in [0.3, 0.4) is 0 Å². The van der Waals surface area contributed by atoms with Gasteiger partial charge in [-0.15, -0.1) is 0 Å². The zero-order valence-corrected chi connectivity index (χ0v) is 9.82. The molecule has 1 aromatic heterocycles. The van der Waals surface area contributed by atoms with E-state index >= 15 is 0 Å². The molecule has 0 bridgehead atoms. The molecule has 0 spiro atoms. The molecule has 1 aromatic rings. The van der Waals surface area contributed by atoms with E-state index in [1.807, 2.05) is 45.0 Å². The van der Waals surface area contributed by atoms with Gasteiger partial charge in [0.25, 0.3) is 0 Å². The Bertz CT molecular complexity index is 349. The van der Waals surface area contributed by atoms with Crippen molar-refractivity contribution in [2.45, 2.75) is 26.3 Å². The summed E-state index contributed by atoms with van der Waals surface area (Å²) in [4.78, 5) is 2.04. The monoisotopic (exact) mass is 206 g/mol. The average molecular weight is 206 g/mol. The van der Waals surface area contributed by atoms with E-state index in [1.165, 1.54) is 0 Å². The zero-order chi connectivity index (χ0) is 11.4. The summed E-state index contributed by atoms with van der Waals surface area (Å²) in [6, 6.07) is 6.29. The number of nitrogens with zero attached hydrogens (tertiary/aromatic N) is 2. The molecule has 0 N–H and O–H groups in total. The van der Waals surface area contributed by atoms with Gasteiger partial charge in [-0.25, -0.2) is 0 Å². The van der Waals surface area contributed by atoms with Gasteiger partial charge in [0, 0.05) is 0 Å². The largest absolute Gasteiger partial charge is 0.465 e. The van der Waals surface area contributed by atoms with Crippen molar-refractivity contribution in [2.75, 3.05) is 14.1 Å². The summed E-state index contributed by atoms with van der Waals surface area (Å²) >= 11 is 0. The molecule has 2 atom stereocenters. The number of aryl methyl sites for hydroxylation is 1. The van der Waals surface area contributed by atoms with Crippen molar-refractivity contribution in [3.05, 3.63) is 23.7 Å². The molecular formula is C12H18N2O. The highest BCUT2D eigenvalue weighted by molar-refractivity contribution is 5.13. The van der Waals surface area contributed by atoms with Crippen LogP contribution in [0.4, 0.5) is 0 Å². The molecule has 0 fully saturated rings. The lowest BCUT2D eigenvalue weighted by atomic mass is 9.95. The molecular weight excluding hydrogens is 188 g/mol. The molecule has 0 amide bonds. The van der Waals surface area contributed by atoms with Crippen molar-refractivity contribution in [1.29, 1.82) is 5.26 Å². The summed E-state index contributed by atoms with van der Waals surface area (Å²) in [5, 5.41) is 9.10. The molecule has 1 rings (SSSR count). The molecule has 0 saturated carbocycles. The smallest absolute Gasteiger partial charge is 0.122 e. The second-order valence-corrected chi connectivity index (χ2v) is 4.00. The van der Waals surface area contributed by atoms with Crippen LogP contribution < -0.4 is 0 Å². The van der Waals surface area contributed by atoms with Crippen LogP contribution in [0.1, 0.15) is 30.9 Å². The molecule has 0 saturated heterocycles. The normalized spacial score (nSPS) is 14.9. The Morgan fingerprint density at radius 2 is 2.13 bits per heavy atom. The van der Waals surface area contributed by atoms with Crippen molar-refractivity contribution >= 4 is 0 Å². The Kier molecular flexibility index (Phi) is 3.93. The van der Waals surface area contributed by atoms with Crippen LogP contribution in [-0.2, 0) is 0 Å². The van der Waals surface area contributed by atoms with Gasteiger partial charge in [-0.05, 0) is 39.6 Å². The first kappa shape index (κ1) is 11.8. The maximum absolute atomic E-state index is 9.10. The summed E-state index contributed by atoms with van der Waals surface area (Å²) in [7, 11) is 3.95. The van der Waals surface area contributed by atoms with Crippen molar-refractivity contribution in [1.82, 2.24) is 4.90 Å². The molecule has 3 heteroatoms. The van der Waals surface area contributed by atoms with Gasteiger partial charge in [0.15, 0.2) is 0 Å². The number of nitriles is 1. The van der Waals surface area contributed by atoms with E-state index in [4.69, 9.17) is 9.68 Å². The van der Waals surface area contributed by atoms with E-state index in [1.54, 1.807) is 0 Å². The molecule has 0 aliphatic carbocycles. The standard InChI is InChI=1S/C12H18N2O/c1-5-10(8-13)12(14(3)4)11-7-6-9(2)15-11/h6-7,10,12H,5H2,1-4H3. The summed E-state index contributed by atoms with van der Waals surface area (Å²) in [6.45, 7) is 3.95. The van der Waals surface area contributed by atoms with Gasteiger partial charge in [-0.3, -0.25) is 4.90 Å². The Morgan fingerprint density at radius 3 is 2.47 bits per heavy atom. The SMILES string of the molecule is CCC(C#N)C(c1ccc(C)o1)N(C)C. The van der Waals surface area contributed by atoms with Gasteiger partial charge in [0.05, 0.1) is 18.0 Å². The van der Waals surface area contributed by atoms with E-state index in [-0.39, 0.29) is 12.0 Å². The fraction of sp³-hybridized carbons (Fsp3) is 0.583. The highest BCUT2D eigenvalue weighted by Crippen LogP contribution is 2.29. The lowest BCUT2D eigenvalue weighted by Gasteiger charge is -2.25. The minimum atomic E-state index is -0.0226. The Hall–Kier alpha value is -1.27. The summed E-state index contributed by atoms with van der Waals surface area (Å²) in [5.41, 5.74) is 0. The third-order valence-corrected chi connectivity index (χ3v) is 2.60. The van der Waals surface area contributed by atoms with Crippen LogP contribution in [0.15, 0.2) is 16.5 Å². The predicted octanol–water partition coefficient (Wildman–Crippen LogP) is 2.74. The molecule has 0 aliphatic heterocycles. The minimum Gasteiger partial charge on any atom is -0.465 e. The van der Waals surface area contributed by atoms with Crippen LogP contribution in [0.2, 0.25) is 0 Å². The van der Waals surface area contributed by atoms with E-state index in [9.17, 15) is 0 Å². The Labute approximate surface area is 91.3 Å². The first-order chi connectivity index (χ1) is 7.10. The quantitative estimate of drug-likeness (QED) is 0.760. The fourth-order valence-corrected chi connectivity index (χ4v) is 1.81. The highest BCUT2D eigenvalue weighted by Gasteiger charge is 2.26. The molecule has 0 aromatic carbocycles. The highest BCUT2D eigenvalue weighted by atomic mass is 16.3. The van der Waals surface area contributed by atoms with Gasteiger partial charge < -0.3 is 4.42 Å². The van der Waals surface area contributed by atoms with Gasteiger partial charge in [0.1, 0.15) is 11.5 Å². The van der Waals surface area contributed by atoms with Crippen LogP contribution in [0.5, 0.6) is 0 Å². The van der Waals surface area contributed by atoms with Crippen molar-refractivity contribution < 1.29 is 4.42 Å². The maximum Gasteiger partial charge on any atom is 0.122 e. The lowest BCUT2D eigenvalue weighted by Crippen LogP contribution is -2.26. The Balaban J connectivity index is 2.98. The summed E-state index contributed by atoms with van der Waals surface area (Å²) in [5.74, 6) is 1.75.